The quantitative estimate of drug-likeness (QED) is 0.917. The Labute approximate surface area is 120 Å². The highest BCUT2D eigenvalue weighted by Gasteiger charge is 2.15. The molecule has 2 aromatic rings. The van der Waals surface area contributed by atoms with Crippen LogP contribution >= 0.6 is 0 Å². The first-order valence-electron chi connectivity index (χ1n) is 7.38. The van der Waals surface area contributed by atoms with Crippen molar-refractivity contribution < 1.29 is 5.11 Å². The highest BCUT2D eigenvalue weighted by atomic mass is 16.3. The molecule has 0 saturated carbocycles. The lowest BCUT2D eigenvalue weighted by molar-refractivity contribution is 0.282. The Hall–Kier alpha value is -1.64. The van der Waals surface area contributed by atoms with Crippen molar-refractivity contribution in [2.75, 3.05) is 13.1 Å². The molecule has 1 fully saturated rings. The van der Waals surface area contributed by atoms with Crippen LogP contribution in [0.25, 0.3) is 11.1 Å². The van der Waals surface area contributed by atoms with E-state index in [-0.39, 0.29) is 6.61 Å². The summed E-state index contributed by atoms with van der Waals surface area (Å²) >= 11 is 0. The Morgan fingerprint density at radius 2 is 1.35 bits per heavy atom. The molecular formula is C18H21NO. The molecule has 0 bridgehead atoms. The van der Waals surface area contributed by atoms with Gasteiger partial charge in [-0.25, -0.2) is 0 Å². The second-order valence-corrected chi connectivity index (χ2v) is 5.46. The summed E-state index contributed by atoms with van der Waals surface area (Å²) in [4.78, 5) is 2.51. The molecule has 104 valence electrons. The summed E-state index contributed by atoms with van der Waals surface area (Å²) in [6.07, 6.45) is 2.63. The van der Waals surface area contributed by atoms with Crippen LogP contribution < -0.4 is 0 Å². The van der Waals surface area contributed by atoms with E-state index in [4.69, 9.17) is 0 Å². The summed E-state index contributed by atoms with van der Waals surface area (Å²) in [5, 5.41) is 9.54. The van der Waals surface area contributed by atoms with E-state index in [1.807, 2.05) is 18.2 Å². The minimum atomic E-state index is 0.0915. The van der Waals surface area contributed by atoms with Crippen molar-refractivity contribution in [3.63, 3.8) is 0 Å². The highest BCUT2D eigenvalue weighted by Crippen LogP contribution is 2.28. The molecule has 2 aromatic carbocycles. The zero-order valence-corrected chi connectivity index (χ0v) is 11.8. The Balaban J connectivity index is 1.96. The van der Waals surface area contributed by atoms with E-state index >= 15 is 0 Å². The number of aliphatic hydroxyl groups is 1. The van der Waals surface area contributed by atoms with Crippen LogP contribution in [0.3, 0.4) is 0 Å². The number of likely N-dealkylation sites (tertiary alicyclic amines) is 1. The Bertz CT molecular complexity index is 573. The first kappa shape index (κ1) is 13.3. The van der Waals surface area contributed by atoms with Crippen LogP contribution in [0.1, 0.15) is 24.0 Å². The molecule has 0 radical (unpaired) electrons. The fourth-order valence-corrected chi connectivity index (χ4v) is 3.02. The molecule has 20 heavy (non-hydrogen) atoms. The third kappa shape index (κ3) is 2.77. The summed E-state index contributed by atoms with van der Waals surface area (Å²) in [5.41, 5.74) is 4.77. The van der Waals surface area contributed by atoms with Gasteiger partial charge in [0.1, 0.15) is 0 Å². The molecule has 0 amide bonds. The average molecular weight is 267 g/mol. The van der Waals surface area contributed by atoms with Crippen molar-refractivity contribution in [3.05, 3.63) is 59.7 Å². The lowest BCUT2D eigenvalue weighted by Gasteiger charge is -2.18. The number of hydrogen-bond donors (Lipinski definition) is 1. The van der Waals surface area contributed by atoms with Gasteiger partial charge in [-0.15, -0.1) is 0 Å². The fourth-order valence-electron chi connectivity index (χ4n) is 3.02. The van der Waals surface area contributed by atoms with Gasteiger partial charge in [0.2, 0.25) is 0 Å². The second-order valence-electron chi connectivity index (χ2n) is 5.46. The standard InChI is InChI=1S/C18H21NO/c20-14-16-8-2-4-10-18(16)17-9-3-1-7-15(17)13-19-11-5-6-12-19/h1-4,7-10,20H,5-6,11-14H2. The minimum Gasteiger partial charge on any atom is -0.392 e. The smallest absolute Gasteiger partial charge is 0.0687 e. The van der Waals surface area contributed by atoms with Crippen LogP contribution in [0.4, 0.5) is 0 Å². The van der Waals surface area contributed by atoms with E-state index in [9.17, 15) is 5.11 Å². The highest BCUT2D eigenvalue weighted by molar-refractivity contribution is 5.70. The summed E-state index contributed by atoms with van der Waals surface area (Å²) in [5.74, 6) is 0. The molecule has 0 spiro atoms. The SMILES string of the molecule is OCc1ccccc1-c1ccccc1CN1CCCC1. The molecule has 2 heteroatoms. The summed E-state index contributed by atoms with van der Waals surface area (Å²) < 4.78 is 0. The molecule has 0 aliphatic carbocycles. The molecule has 1 aliphatic heterocycles. The molecule has 2 nitrogen and oxygen atoms in total. The summed E-state index contributed by atoms with van der Waals surface area (Å²) in [7, 11) is 0. The maximum Gasteiger partial charge on any atom is 0.0687 e. The number of aliphatic hydroxyl groups excluding tert-OH is 1. The molecule has 0 atom stereocenters. The van der Waals surface area contributed by atoms with Gasteiger partial charge in [0.25, 0.3) is 0 Å². The minimum absolute atomic E-state index is 0.0915. The van der Waals surface area contributed by atoms with Crippen molar-refractivity contribution in [1.29, 1.82) is 0 Å². The molecule has 0 aromatic heterocycles. The lowest BCUT2D eigenvalue weighted by Crippen LogP contribution is -2.18. The zero-order valence-electron chi connectivity index (χ0n) is 11.8. The topological polar surface area (TPSA) is 23.5 Å². The van der Waals surface area contributed by atoms with E-state index in [0.717, 1.165) is 17.7 Å². The molecule has 3 rings (SSSR count). The van der Waals surface area contributed by atoms with Crippen molar-refractivity contribution in [2.24, 2.45) is 0 Å². The first-order valence-corrected chi connectivity index (χ1v) is 7.38. The number of nitrogens with zero attached hydrogens (tertiary/aromatic N) is 1. The van der Waals surface area contributed by atoms with Crippen molar-refractivity contribution in [3.8, 4) is 11.1 Å². The van der Waals surface area contributed by atoms with Crippen LogP contribution in [0.5, 0.6) is 0 Å². The van der Waals surface area contributed by atoms with Crippen LogP contribution in [0.15, 0.2) is 48.5 Å². The number of hydrogen-bond acceptors (Lipinski definition) is 2. The Morgan fingerprint density at radius 1 is 0.800 bits per heavy atom. The van der Waals surface area contributed by atoms with Gasteiger partial charge in [0.15, 0.2) is 0 Å². The normalized spacial score (nSPS) is 15.7. The van der Waals surface area contributed by atoms with Crippen LogP contribution in [0.2, 0.25) is 0 Å². The van der Waals surface area contributed by atoms with E-state index in [1.54, 1.807) is 0 Å². The predicted molar refractivity (Wildman–Crippen MR) is 82.3 cm³/mol. The largest absolute Gasteiger partial charge is 0.392 e. The van der Waals surface area contributed by atoms with Gasteiger partial charge in [-0.1, -0.05) is 48.5 Å². The molecule has 0 unspecified atom stereocenters. The molecule has 1 N–H and O–H groups in total. The van der Waals surface area contributed by atoms with Crippen molar-refractivity contribution >= 4 is 0 Å². The summed E-state index contributed by atoms with van der Waals surface area (Å²) in [6, 6.07) is 16.7. The van der Waals surface area contributed by atoms with Gasteiger partial charge in [-0.05, 0) is 48.2 Å². The van der Waals surface area contributed by atoms with Crippen molar-refractivity contribution in [1.82, 2.24) is 4.90 Å². The number of rotatable bonds is 4. The average Bonchev–Trinajstić information content (AvgIpc) is 3.01. The van der Waals surface area contributed by atoms with Gasteiger partial charge >= 0.3 is 0 Å². The lowest BCUT2D eigenvalue weighted by atomic mass is 9.95. The fraction of sp³-hybridized carbons (Fsp3) is 0.333. The predicted octanol–water partition coefficient (Wildman–Crippen LogP) is 3.44. The van der Waals surface area contributed by atoms with Crippen LogP contribution in [-0.4, -0.2) is 23.1 Å². The van der Waals surface area contributed by atoms with Crippen LogP contribution in [0, 0.1) is 0 Å². The maximum atomic E-state index is 9.54. The Morgan fingerprint density at radius 3 is 2.00 bits per heavy atom. The first-order chi connectivity index (χ1) is 9.88. The molecular weight excluding hydrogens is 246 g/mol. The number of benzene rings is 2. The molecule has 1 aliphatic rings. The Kier molecular flexibility index (Phi) is 4.14. The van der Waals surface area contributed by atoms with E-state index in [0.29, 0.717) is 0 Å². The van der Waals surface area contributed by atoms with E-state index in [2.05, 4.69) is 35.2 Å². The van der Waals surface area contributed by atoms with Gasteiger partial charge in [0.05, 0.1) is 6.61 Å². The van der Waals surface area contributed by atoms with Crippen LogP contribution in [-0.2, 0) is 13.2 Å². The monoisotopic (exact) mass is 267 g/mol. The summed E-state index contributed by atoms with van der Waals surface area (Å²) in [6.45, 7) is 3.51. The third-order valence-electron chi connectivity index (χ3n) is 4.09. The second kappa shape index (κ2) is 6.21. The molecule has 1 saturated heterocycles. The van der Waals surface area contributed by atoms with Gasteiger partial charge in [-0.2, -0.15) is 0 Å². The zero-order chi connectivity index (χ0) is 13.8. The third-order valence-corrected chi connectivity index (χ3v) is 4.09. The molecule has 1 heterocycles. The van der Waals surface area contributed by atoms with Gasteiger partial charge < -0.3 is 5.11 Å². The van der Waals surface area contributed by atoms with Crippen molar-refractivity contribution in [2.45, 2.75) is 26.0 Å². The van der Waals surface area contributed by atoms with E-state index < -0.39 is 0 Å². The van der Waals surface area contributed by atoms with Gasteiger partial charge in [0, 0.05) is 6.54 Å². The maximum absolute atomic E-state index is 9.54. The van der Waals surface area contributed by atoms with Gasteiger partial charge in [-0.3, -0.25) is 4.90 Å². The van der Waals surface area contributed by atoms with E-state index in [1.165, 1.54) is 37.1 Å².